The van der Waals surface area contributed by atoms with Crippen LogP contribution in [0.3, 0.4) is 0 Å². The summed E-state index contributed by atoms with van der Waals surface area (Å²) in [6.45, 7) is 13.9. The maximum atomic E-state index is 2.48. The average Bonchev–Trinajstić information content (AvgIpc) is 3.57. The summed E-state index contributed by atoms with van der Waals surface area (Å²) in [6.07, 6.45) is 23.3. The molecule has 0 heterocycles. The zero-order chi connectivity index (χ0) is 27.4. The maximum absolute atomic E-state index is 2.48. The van der Waals surface area contributed by atoms with Gasteiger partial charge in [-0.15, -0.1) is 0 Å². The third kappa shape index (κ3) is 6.06. The topological polar surface area (TPSA) is 0 Å². The molecule has 0 N–H and O–H groups in total. The van der Waals surface area contributed by atoms with Crippen molar-refractivity contribution in [1.82, 2.24) is 0 Å². The molecule has 0 aromatic heterocycles. The van der Waals surface area contributed by atoms with Crippen LogP contribution < -0.4 is 24.8 Å². The summed E-state index contributed by atoms with van der Waals surface area (Å²) < 4.78 is 0. The smallest absolute Gasteiger partial charge is 1.00 e. The van der Waals surface area contributed by atoms with Crippen molar-refractivity contribution in [2.75, 3.05) is 0 Å². The van der Waals surface area contributed by atoms with Crippen LogP contribution in [0.5, 0.6) is 0 Å². The van der Waals surface area contributed by atoms with E-state index in [1.165, 1.54) is 57.8 Å². The molecule has 4 aliphatic rings. The summed E-state index contributed by atoms with van der Waals surface area (Å²) >= 11 is 0. The Kier molecular flexibility index (Phi) is 11.3. The number of hydrogen-bond donors (Lipinski definition) is 0. The maximum Gasteiger partial charge on any atom is 4.00 e. The Morgan fingerprint density at radius 1 is 0.476 bits per heavy atom. The van der Waals surface area contributed by atoms with Gasteiger partial charge < -0.3 is 24.8 Å². The Morgan fingerprint density at radius 3 is 1.21 bits per heavy atom. The van der Waals surface area contributed by atoms with E-state index < -0.39 is 5.41 Å². The van der Waals surface area contributed by atoms with Gasteiger partial charge in [0.05, 0.1) is 0 Å². The van der Waals surface area contributed by atoms with Crippen molar-refractivity contribution in [3.05, 3.63) is 181 Å². The predicted molar refractivity (Wildman–Crippen MR) is 164 cm³/mol. The minimum Gasteiger partial charge on any atom is -1.00 e. The number of allylic oxidation sites excluding steroid dienone is 8. The third-order valence-corrected chi connectivity index (χ3v) is 8.48. The molecule has 2 fully saturated rings. The fourth-order valence-electron chi connectivity index (χ4n) is 6.39. The molecule has 0 bridgehead atoms. The van der Waals surface area contributed by atoms with Crippen molar-refractivity contribution >= 4 is 0 Å². The van der Waals surface area contributed by atoms with Gasteiger partial charge in [-0.25, -0.2) is 0 Å². The quantitative estimate of drug-likeness (QED) is 0.421. The second-order valence-corrected chi connectivity index (χ2v) is 13.1. The van der Waals surface area contributed by atoms with E-state index in [1.807, 2.05) is 0 Å². The summed E-state index contributed by atoms with van der Waals surface area (Å²) in [6, 6.07) is 22.2. The first-order valence-corrected chi connectivity index (χ1v) is 14.1. The molecule has 0 aliphatic heterocycles. The Balaban J connectivity index is 0.00000161. The van der Waals surface area contributed by atoms with E-state index in [4.69, 9.17) is 0 Å². The molecule has 2 aromatic rings. The summed E-state index contributed by atoms with van der Waals surface area (Å²) in [7, 11) is 0. The molecule has 210 valence electrons. The van der Waals surface area contributed by atoms with E-state index in [0.717, 1.165) is 0 Å². The van der Waals surface area contributed by atoms with E-state index in [0.29, 0.717) is 0 Å². The van der Waals surface area contributed by atoms with Crippen LogP contribution in [0.1, 0.15) is 52.7 Å². The van der Waals surface area contributed by atoms with Gasteiger partial charge in [0.15, 0.2) is 0 Å². The molecule has 2 saturated carbocycles. The number of fused-ring (bicyclic) bond motifs is 3. The van der Waals surface area contributed by atoms with Gasteiger partial charge in [0.25, 0.3) is 0 Å². The SMILES string of the molecule is CC(C)(C)C1=C[C]2[C](C=C1)[C]1C=CC(C(C)(C)C)=C[C]1[C]2C([C]1[CH][CH][CH][CH]1)(c1ccccc1)c1ccccc1.[Cl-].[Cl-].[Hf+4]. The molecule has 10 radical (unpaired) electrons. The van der Waals surface area contributed by atoms with Gasteiger partial charge in [-0.2, -0.15) is 0 Å². The van der Waals surface area contributed by atoms with Crippen LogP contribution in [0.15, 0.2) is 108 Å². The van der Waals surface area contributed by atoms with Gasteiger partial charge in [0.1, 0.15) is 0 Å². The number of halogens is 2. The molecular weight excluding hydrogens is 718 g/mol. The molecule has 4 aliphatic carbocycles. The summed E-state index contributed by atoms with van der Waals surface area (Å²) in [5.74, 6) is 8.03. The van der Waals surface area contributed by atoms with Crippen molar-refractivity contribution in [2.45, 2.75) is 47.0 Å². The van der Waals surface area contributed by atoms with E-state index in [-0.39, 0.29) is 61.5 Å². The summed E-state index contributed by atoms with van der Waals surface area (Å²) in [5.41, 5.74) is 4.93. The number of hydrogen-bond acceptors (Lipinski definition) is 0. The largest absolute Gasteiger partial charge is 4.00 e. The molecule has 0 unspecified atom stereocenters. The molecule has 0 saturated heterocycles. The first-order valence-electron chi connectivity index (χ1n) is 14.1. The predicted octanol–water partition coefficient (Wildman–Crippen LogP) is 3.35. The van der Waals surface area contributed by atoms with Crippen LogP contribution in [-0.2, 0) is 31.3 Å². The van der Waals surface area contributed by atoms with Crippen LogP contribution in [0.25, 0.3) is 0 Å². The minimum atomic E-state index is -0.473. The Hall–Kier alpha value is -1.15. The van der Waals surface area contributed by atoms with Crippen LogP contribution in [0.2, 0.25) is 0 Å². The van der Waals surface area contributed by atoms with Gasteiger partial charge in [-0.1, -0.05) is 139 Å². The molecule has 2 aromatic carbocycles. The van der Waals surface area contributed by atoms with Crippen LogP contribution in [0, 0.1) is 72.0 Å². The standard InChI is InChI=1S/C39H38.2ClH.Hf/c1-37(2,3)30-21-23-32-33-24-22-31(38(4,5)6)26-35(33)36(34(32)25-30)39(29-19-13-14-20-29,27-15-9-7-10-16-27)28-17-11-8-12-18-28;;;/h7-26H,1-6H3;2*1H;/q;;;+4/p-2. The summed E-state index contributed by atoms with van der Waals surface area (Å²) in [5, 5.41) is 0. The number of rotatable bonds is 4. The first kappa shape index (κ1) is 35.3. The van der Waals surface area contributed by atoms with Crippen LogP contribution in [-0.4, -0.2) is 0 Å². The summed E-state index contributed by atoms with van der Waals surface area (Å²) in [4.78, 5) is 0. The van der Waals surface area contributed by atoms with Crippen molar-refractivity contribution < 1.29 is 50.7 Å². The molecule has 3 heteroatoms. The fraction of sp³-hybridized carbons (Fsp3) is 0.231. The van der Waals surface area contributed by atoms with E-state index in [9.17, 15) is 0 Å². The zero-order valence-electron chi connectivity index (χ0n) is 25.3. The van der Waals surface area contributed by atoms with E-state index >= 15 is 0 Å². The fourth-order valence-corrected chi connectivity index (χ4v) is 6.39. The van der Waals surface area contributed by atoms with Gasteiger partial charge in [-0.3, -0.25) is 0 Å². The second-order valence-electron chi connectivity index (χ2n) is 13.1. The van der Waals surface area contributed by atoms with Crippen molar-refractivity contribution in [3.8, 4) is 0 Å². The molecule has 0 atom stereocenters. The molecule has 0 spiro atoms. The van der Waals surface area contributed by atoms with Crippen LogP contribution in [0.4, 0.5) is 0 Å². The normalized spacial score (nSPS) is 20.6. The zero-order valence-corrected chi connectivity index (χ0v) is 30.4. The number of benzene rings is 2. The second kappa shape index (κ2) is 13.5. The molecule has 0 nitrogen and oxygen atoms in total. The monoisotopic (exact) mass is 756 g/mol. The van der Waals surface area contributed by atoms with E-state index in [2.05, 4.69) is 164 Å². The van der Waals surface area contributed by atoms with E-state index in [1.54, 1.807) is 0 Å². The molecular formula is C39H38Cl2Hf+2. The average molecular weight is 756 g/mol. The van der Waals surface area contributed by atoms with Crippen molar-refractivity contribution in [3.63, 3.8) is 0 Å². The third-order valence-electron chi connectivity index (χ3n) is 8.48. The van der Waals surface area contributed by atoms with Gasteiger partial charge >= 0.3 is 25.8 Å². The van der Waals surface area contributed by atoms with Gasteiger partial charge in [0, 0.05) is 35.0 Å². The first-order chi connectivity index (χ1) is 18.6. The Bertz CT molecular complexity index is 1210. The van der Waals surface area contributed by atoms with Crippen LogP contribution >= 0.6 is 0 Å². The Labute approximate surface area is 287 Å². The Morgan fingerprint density at radius 2 is 0.857 bits per heavy atom. The molecule has 42 heavy (non-hydrogen) atoms. The van der Waals surface area contributed by atoms with Crippen molar-refractivity contribution in [2.24, 2.45) is 10.8 Å². The minimum absolute atomic E-state index is 0. The van der Waals surface area contributed by atoms with Crippen molar-refractivity contribution in [1.29, 1.82) is 0 Å². The van der Waals surface area contributed by atoms with Gasteiger partial charge in [0.2, 0.25) is 0 Å². The molecule has 6 rings (SSSR count). The molecule has 0 amide bonds. The van der Waals surface area contributed by atoms with Gasteiger partial charge in [-0.05, 0) is 64.7 Å².